The number of methoxy groups -OCH3 is 2. The summed E-state index contributed by atoms with van der Waals surface area (Å²) < 4.78 is 42.4. The van der Waals surface area contributed by atoms with Gasteiger partial charge in [0.05, 0.1) is 35.6 Å². The number of amides is 1. The van der Waals surface area contributed by atoms with Crippen molar-refractivity contribution in [3.8, 4) is 0 Å². The van der Waals surface area contributed by atoms with Crippen molar-refractivity contribution in [2.45, 2.75) is 128 Å². The third kappa shape index (κ3) is 7.52. The molecule has 2 bridgehead atoms. The topological polar surface area (TPSA) is 202 Å². The SMILES string of the molecule is CO[C@H]1C(=O)[C@@]2(C)C([C@H](OC(=O)c3ccccc3)[C@]3(O)C[C@H](OC(=O)[C@H](O)[C@@H](NC(=O)OC(C)(C)C)c4ccccc4)C(C)=C1C3(C)C)[C@]1(OC(C)=O)CO[C@@H]1C[C@@H]2OC. The fourth-order valence-corrected chi connectivity index (χ4v) is 10.1. The van der Waals surface area contributed by atoms with Crippen molar-refractivity contribution in [2.24, 2.45) is 16.7 Å². The van der Waals surface area contributed by atoms with Crippen LogP contribution < -0.4 is 5.32 Å². The number of ketones is 1. The zero-order valence-corrected chi connectivity index (χ0v) is 35.8. The highest BCUT2D eigenvalue weighted by Gasteiger charge is 2.78. The number of aliphatic hydroxyl groups excluding tert-OH is 1. The lowest BCUT2D eigenvalue weighted by atomic mass is 9.44. The molecule has 2 aromatic rings. The number of fused-ring (bicyclic) bond motifs is 5. The van der Waals surface area contributed by atoms with Crippen LogP contribution in [0.15, 0.2) is 71.8 Å². The van der Waals surface area contributed by atoms with Crippen LogP contribution in [0.2, 0.25) is 0 Å². The van der Waals surface area contributed by atoms with Crippen LogP contribution in [0.1, 0.15) is 90.2 Å². The van der Waals surface area contributed by atoms with E-state index in [0.29, 0.717) is 11.1 Å². The molecule has 15 nitrogen and oxygen atoms in total. The Labute approximate surface area is 350 Å². The average molecular weight is 836 g/mol. The van der Waals surface area contributed by atoms with Gasteiger partial charge < -0.3 is 48.7 Å². The summed E-state index contributed by atoms with van der Waals surface area (Å²) >= 11 is 0. The molecule has 3 aliphatic carbocycles. The van der Waals surface area contributed by atoms with Gasteiger partial charge in [-0.3, -0.25) is 9.59 Å². The highest BCUT2D eigenvalue weighted by Crippen LogP contribution is 2.64. The highest BCUT2D eigenvalue weighted by molar-refractivity contribution is 5.94. The number of hydrogen-bond acceptors (Lipinski definition) is 14. The lowest BCUT2D eigenvalue weighted by Crippen LogP contribution is -2.82. The zero-order valence-electron chi connectivity index (χ0n) is 35.8. The molecular formula is C45H57NO14. The van der Waals surface area contributed by atoms with Gasteiger partial charge in [0.15, 0.2) is 17.5 Å². The van der Waals surface area contributed by atoms with E-state index >= 15 is 4.79 Å². The van der Waals surface area contributed by atoms with Crippen LogP contribution in [-0.4, -0.2) is 114 Å². The van der Waals surface area contributed by atoms with E-state index in [9.17, 15) is 29.4 Å². The third-order valence-corrected chi connectivity index (χ3v) is 13.0. The predicted molar refractivity (Wildman–Crippen MR) is 213 cm³/mol. The molecule has 0 radical (unpaired) electrons. The van der Waals surface area contributed by atoms with Gasteiger partial charge in [0.2, 0.25) is 0 Å². The molecule has 0 spiro atoms. The molecule has 60 heavy (non-hydrogen) atoms. The molecule has 11 atom stereocenters. The largest absolute Gasteiger partial charge is 0.456 e. The number of esters is 3. The molecule has 1 unspecified atom stereocenters. The second kappa shape index (κ2) is 16.3. The van der Waals surface area contributed by atoms with Crippen molar-refractivity contribution >= 4 is 29.8 Å². The Morgan fingerprint density at radius 2 is 1.55 bits per heavy atom. The van der Waals surface area contributed by atoms with Crippen molar-refractivity contribution in [3.05, 3.63) is 82.9 Å². The molecule has 1 heterocycles. The van der Waals surface area contributed by atoms with Crippen LogP contribution >= 0.6 is 0 Å². The lowest BCUT2D eigenvalue weighted by molar-refractivity contribution is -0.347. The molecule has 1 amide bonds. The van der Waals surface area contributed by atoms with E-state index in [4.69, 9.17) is 33.2 Å². The van der Waals surface area contributed by atoms with E-state index in [1.54, 1.807) is 109 Å². The summed E-state index contributed by atoms with van der Waals surface area (Å²) in [6.07, 6.45) is -9.31. The van der Waals surface area contributed by atoms with Crippen molar-refractivity contribution in [1.29, 1.82) is 0 Å². The van der Waals surface area contributed by atoms with Crippen molar-refractivity contribution in [2.75, 3.05) is 20.8 Å². The molecule has 1 saturated heterocycles. The van der Waals surface area contributed by atoms with Gasteiger partial charge in [0.25, 0.3) is 0 Å². The normalized spacial score (nSPS) is 33.0. The molecule has 0 aromatic heterocycles. The number of Topliss-reactive ketones (excluding diaryl/α,β-unsaturated/α-hetero) is 1. The Kier molecular flexibility index (Phi) is 12.2. The number of benzene rings is 2. The molecule has 15 heteroatoms. The fourth-order valence-electron chi connectivity index (χ4n) is 10.1. The molecule has 2 saturated carbocycles. The average Bonchev–Trinajstić information content (AvgIpc) is 3.18. The Morgan fingerprint density at radius 1 is 0.933 bits per heavy atom. The molecule has 326 valence electrons. The summed E-state index contributed by atoms with van der Waals surface area (Å²) in [5, 5.41) is 28.0. The van der Waals surface area contributed by atoms with E-state index < -0.39 is 112 Å². The molecule has 6 rings (SSSR count). The first-order valence-corrected chi connectivity index (χ1v) is 20.1. The molecule has 3 fully saturated rings. The van der Waals surface area contributed by atoms with Crippen molar-refractivity contribution in [3.63, 3.8) is 0 Å². The molecular weight excluding hydrogens is 778 g/mol. The number of alkyl carbamates (subject to hydrolysis) is 1. The Balaban J connectivity index is 1.52. The zero-order chi connectivity index (χ0) is 44.2. The lowest BCUT2D eigenvalue weighted by Gasteiger charge is -2.67. The van der Waals surface area contributed by atoms with Gasteiger partial charge in [-0.15, -0.1) is 0 Å². The number of carbonyl (C=O) groups excluding carboxylic acids is 5. The molecule has 2 aromatic carbocycles. The standard InChI is InChI=1S/C45H57NO14/c1-24-28(57-39(51)33(48)32(26-17-13-11-14-18-26)46-40(52)60-41(3,4)5)22-45(53)37(58-38(50)27-19-15-12-16-20-27)35-43(8,36(49)34(55-10)31(24)42(45,6)7)29(54-9)21-30-44(35,23-56-30)59-25(2)47/h11-20,28-30,32-35,37,48,53H,21-23H2,1-10H3,(H,46,52)/t28-,29-,30+,32-,33+,34+,35?,37-,43+,44-,45+/m0/s1. The molecule has 4 aliphatic rings. The maximum absolute atomic E-state index is 15.5. The first-order valence-electron chi connectivity index (χ1n) is 20.1. The minimum Gasteiger partial charge on any atom is -0.456 e. The van der Waals surface area contributed by atoms with E-state index in [1.807, 2.05) is 0 Å². The van der Waals surface area contributed by atoms with Gasteiger partial charge in [0.1, 0.15) is 35.6 Å². The Morgan fingerprint density at radius 3 is 2.08 bits per heavy atom. The summed E-state index contributed by atoms with van der Waals surface area (Å²) in [6, 6.07) is 15.1. The predicted octanol–water partition coefficient (Wildman–Crippen LogP) is 4.57. The maximum atomic E-state index is 15.5. The summed E-state index contributed by atoms with van der Waals surface area (Å²) in [4.78, 5) is 70.1. The van der Waals surface area contributed by atoms with Gasteiger partial charge in [-0.1, -0.05) is 62.4 Å². The molecule has 3 N–H and O–H groups in total. The van der Waals surface area contributed by atoms with Crippen LogP contribution in [0, 0.1) is 16.7 Å². The van der Waals surface area contributed by atoms with Gasteiger partial charge in [-0.25, -0.2) is 14.4 Å². The van der Waals surface area contributed by atoms with E-state index in [1.165, 1.54) is 21.1 Å². The smallest absolute Gasteiger partial charge is 0.408 e. The third-order valence-electron chi connectivity index (χ3n) is 13.0. The van der Waals surface area contributed by atoms with Gasteiger partial charge in [-0.05, 0) is 63.5 Å². The summed E-state index contributed by atoms with van der Waals surface area (Å²) in [5.74, 6) is -4.52. The quantitative estimate of drug-likeness (QED) is 0.171. The van der Waals surface area contributed by atoms with Crippen molar-refractivity contribution < 1.29 is 67.3 Å². The number of ether oxygens (including phenoxy) is 7. The number of rotatable bonds is 10. The Bertz CT molecular complexity index is 2010. The monoisotopic (exact) mass is 835 g/mol. The van der Waals surface area contributed by atoms with Gasteiger partial charge in [0, 0.05) is 39.4 Å². The summed E-state index contributed by atoms with van der Waals surface area (Å²) in [6.45, 7) is 12.7. The first-order chi connectivity index (χ1) is 28.1. The number of carbonyl (C=O) groups is 5. The summed E-state index contributed by atoms with van der Waals surface area (Å²) in [7, 11) is 2.78. The number of nitrogens with one attached hydrogen (secondary N) is 1. The van der Waals surface area contributed by atoms with E-state index in [2.05, 4.69) is 5.32 Å². The van der Waals surface area contributed by atoms with Crippen LogP contribution in [0.3, 0.4) is 0 Å². The second-order valence-electron chi connectivity index (χ2n) is 18.0. The van der Waals surface area contributed by atoms with Gasteiger partial charge in [-0.2, -0.15) is 0 Å². The number of aliphatic hydroxyl groups is 2. The van der Waals surface area contributed by atoms with Crippen LogP contribution in [0.5, 0.6) is 0 Å². The maximum Gasteiger partial charge on any atom is 0.408 e. The molecule has 1 aliphatic heterocycles. The minimum absolute atomic E-state index is 0.121. The van der Waals surface area contributed by atoms with Crippen LogP contribution in [0.25, 0.3) is 0 Å². The highest BCUT2D eigenvalue weighted by atomic mass is 16.6. The number of hydrogen-bond donors (Lipinski definition) is 3. The van der Waals surface area contributed by atoms with Crippen LogP contribution in [-0.2, 0) is 47.5 Å². The van der Waals surface area contributed by atoms with E-state index in [-0.39, 0.29) is 24.2 Å². The second-order valence-corrected chi connectivity index (χ2v) is 18.0. The first kappa shape index (κ1) is 44.9. The van der Waals surface area contributed by atoms with Crippen molar-refractivity contribution in [1.82, 2.24) is 5.32 Å². The Hall–Kier alpha value is -4.67. The van der Waals surface area contributed by atoms with Gasteiger partial charge >= 0.3 is 24.0 Å². The van der Waals surface area contributed by atoms with Crippen LogP contribution in [0.4, 0.5) is 4.79 Å². The van der Waals surface area contributed by atoms with E-state index in [0.717, 1.165) is 0 Å². The minimum atomic E-state index is -2.22. The fraction of sp³-hybridized carbons (Fsp3) is 0.578. The summed E-state index contributed by atoms with van der Waals surface area (Å²) in [5.41, 5.74) is -6.72.